The van der Waals surface area contributed by atoms with Crippen LogP contribution in [0.15, 0.2) is 101 Å². The number of benzene rings is 3. The fourth-order valence-electron chi connectivity index (χ4n) is 3.24. The van der Waals surface area contributed by atoms with E-state index in [1.54, 1.807) is 0 Å². The van der Waals surface area contributed by atoms with Crippen LogP contribution in [0.5, 0.6) is 0 Å². The lowest BCUT2D eigenvalue weighted by Crippen LogP contribution is -2.36. The second-order valence-electron chi connectivity index (χ2n) is 5.80. The van der Waals surface area contributed by atoms with Crippen molar-refractivity contribution in [2.24, 2.45) is 0 Å². The minimum Gasteiger partial charge on any atom is -0.297 e. The Morgan fingerprint density at radius 3 is 1.48 bits per heavy atom. The van der Waals surface area contributed by atoms with Crippen molar-refractivity contribution >= 4 is 54.0 Å². The summed E-state index contributed by atoms with van der Waals surface area (Å²) in [7, 11) is -2.31. The molecule has 1 amide bonds. The summed E-state index contributed by atoms with van der Waals surface area (Å²) < 4.78 is 0.812. The highest BCUT2D eigenvalue weighted by molar-refractivity contribution is 8.16. The average molecular weight is 411 g/mol. The van der Waals surface area contributed by atoms with Gasteiger partial charge in [0.05, 0.1) is 4.24 Å². The molecule has 0 spiro atoms. The van der Waals surface area contributed by atoms with E-state index < -0.39 is 7.26 Å². The van der Waals surface area contributed by atoms with Crippen LogP contribution >= 0.6 is 31.7 Å². The zero-order valence-electron chi connectivity index (χ0n) is 14.9. The Morgan fingerprint density at radius 2 is 1.19 bits per heavy atom. The lowest BCUT2D eigenvalue weighted by atomic mass is 10.4. The van der Waals surface area contributed by atoms with Crippen LogP contribution < -0.4 is 21.2 Å². The average Bonchev–Trinajstić information content (AvgIpc) is 2.75. The molecule has 2 nitrogen and oxygen atoms in total. The zero-order valence-corrected chi connectivity index (χ0v) is 17.6. The van der Waals surface area contributed by atoms with Gasteiger partial charge in [-0.3, -0.25) is 10.1 Å². The molecule has 3 aromatic rings. The van der Waals surface area contributed by atoms with Crippen molar-refractivity contribution < 1.29 is 4.79 Å². The molecule has 3 aromatic carbocycles. The van der Waals surface area contributed by atoms with Crippen LogP contribution in [0.3, 0.4) is 0 Å². The predicted molar refractivity (Wildman–Crippen MR) is 124 cm³/mol. The molecular formula is C22H21NOPS2+. The van der Waals surface area contributed by atoms with E-state index in [4.69, 9.17) is 12.6 Å². The molecule has 0 aliphatic rings. The molecule has 5 heteroatoms. The van der Waals surface area contributed by atoms with E-state index in [-0.39, 0.29) is 0 Å². The van der Waals surface area contributed by atoms with Gasteiger partial charge in [0.2, 0.25) is 6.41 Å². The Labute approximate surface area is 170 Å². The maximum Gasteiger partial charge on any atom is 0.214 e. The molecule has 0 aromatic heterocycles. The first-order valence-electron chi connectivity index (χ1n) is 8.49. The highest BCUT2D eigenvalue weighted by atomic mass is 32.2. The Hall–Kier alpha value is -2.00. The van der Waals surface area contributed by atoms with E-state index in [1.165, 1.54) is 27.7 Å². The molecule has 3 rings (SSSR count). The van der Waals surface area contributed by atoms with Gasteiger partial charge in [0.1, 0.15) is 15.9 Å². The van der Waals surface area contributed by atoms with E-state index in [2.05, 4.69) is 41.7 Å². The highest BCUT2D eigenvalue weighted by Gasteiger charge is 2.51. The van der Waals surface area contributed by atoms with Crippen molar-refractivity contribution in [3.8, 4) is 0 Å². The minimum atomic E-state index is -2.31. The number of amides is 1. The molecule has 0 aliphatic carbocycles. The molecule has 0 fully saturated rings. The molecule has 0 heterocycles. The molecule has 0 aliphatic heterocycles. The lowest BCUT2D eigenvalue weighted by Gasteiger charge is -2.29. The molecule has 0 atom stereocenters. The molecule has 0 bridgehead atoms. The molecule has 0 saturated heterocycles. The monoisotopic (exact) mass is 410 g/mol. The maximum absolute atomic E-state index is 11.6. The zero-order chi connectivity index (χ0) is 19.1. The first-order chi connectivity index (χ1) is 13.2. The van der Waals surface area contributed by atoms with Gasteiger partial charge in [-0.15, -0.1) is 24.4 Å². The Balaban J connectivity index is 2.49. The summed E-state index contributed by atoms with van der Waals surface area (Å²) in [5.41, 5.74) is 0.858. The predicted octanol–water partition coefficient (Wildman–Crippen LogP) is 4.15. The topological polar surface area (TPSA) is 29.1 Å². The molecule has 136 valence electrons. The van der Waals surface area contributed by atoms with Gasteiger partial charge in [-0.1, -0.05) is 54.6 Å². The Bertz CT molecular complexity index is 818. The Morgan fingerprint density at radius 1 is 0.815 bits per heavy atom. The largest absolute Gasteiger partial charge is 0.297 e. The van der Waals surface area contributed by atoms with E-state index >= 15 is 0 Å². The normalized spacial score (nSPS) is 12.2. The number of hydrogen-bond donors (Lipinski definition) is 2. The van der Waals surface area contributed by atoms with Crippen LogP contribution in [0, 0.1) is 0 Å². The van der Waals surface area contributed by atoms with Gasteiger partial charge in [-0.2, -0.15) is 0 Å². The summed E-state index contributed by atoms with van der Waals surface area (Å²) in [5.74, 6) is 0. The molecule has 0 radical (unpaired) electrons. The fraction of sp³-hybridized carbons (Fsp3) is 0.0455. The summed E-state index contributed by atoms with van der Waals surface area (Å²) in [6.07, 6.45) is 2.73. The number of nitrogens with one attached hydrogen (secondary N) is 1. The number of thioether (sulfide) groups is 1. The van der Waals surface area contributed by atoms with Gasteiger partial charge in [-0.25, -0.2) is 0 Å². The number of rotatable bonds is 7. The van der Waals surface area contributed by atoms with Crippen molar-refractivity contribution in [3.63, 3.8) is 0 Å². The van der Waals surface area contributed by atoms with Crippen molar-refractivity contribution in [3.05, 3.63) is 101 Å². The third-order valence-corrected chi connectivity index (χ3v) is 10.3. The molecular weight excluding hydrogens is 389 g/mol. The van der Waals surface area contributed by atoms with Crippen molar-refractivity contribution in [1.82, 2.24) is 5.32 Å². The molecule has 1 N–H and O–H groups in total. The van der Waals surface area contributed by atoms with Gasteiger partial charge in [0, 0.05) is 0 Å². The van der Waals surface area contributed by atoms with E-state index in [0.717, 1.165) is 16.1 Å². The van der Waals surface area contributed by atoms with E-state index in [0.29, 0.717) is 0 Å². The minimum absolute atomic E-state index is 0.755. The summed E-state index contributed by atoms with van der Waals surface area (Å²) in [6.45, 7) is 0. The number of hydrogen-bond acceptors (Lipinski definition) is 3. The van der Waals surface area contributed by atoms with Crippen LogP contribution in [0.1, 0.15) is 0 Å². The van der Waals surface area contributed by atoms with Gasteiger partial charge < -0.3 is 0 Å². The quantitative estimate of drug-likeness (QED) is 0.348. The second kappa shape index (κ2) is 9.27. The van der Waals surface area contributed by atoms with Crippen molar-refractivity contribution in [2.45, 2.75) is 0 Å². The van der Waals surface area contributed by atoms with Crippen LogP contribution in [-0.4, -0.2) is 12.7 Å². The van der Waals surface area contributed by atoms with Crippen LogP contribution in [0.2, 0.25) is 0 Å². The standard InChI is InChI=1S/C22H20NOPS2/c1-27-22(26)21(23-17-24)25(18-11-5-2-6-12-18,19-13-7-3-8-14-19)20-15-9-4-10-16-20/h2-17H,1H3,(H-,23,24,26)/p+1/b22-21-. The Kier molecular flexibility index (Phi) is 6.78. The van der Waals surface area contributed by atoms with Crippen LogP contribution in [0.4, 0.5) is 0 Å². The van der Waals surface area contributed by atoms with E-state index in [9.17, 15) is 4.79 Å². The van der Waals surface area contributed by atoms with Gasteiger partial charge in [0.15, 0.2) is 12.7 Å². The SMILES string of the molecule is CS/C(S)=C(/NC=O)[P+](c1ccccc1)(c1ccccc1)c1ccccc1. The third-order valence-electron chi connectivity index (χ3n) is 4.36. The van der Waals surface area contributed by atoms with E-state index in [1.807, 2.05) is 60.9 Å². The van der Waals surface area contributed by atoms with Crippen LogP contribution in [-0.2, 0) is 4.79 Å². The molecule has 27 heavy (non-hydrogen) atoms. The second-order valence-corrected chi connectivity index (χ2v) is 10.7. The fourth-order valence-corrected chi connectivity index (χ4v) is 8.76. The number of carbonyl (C=O) groups excluding carboxylic acids is 1. The summed E-state index contributed by atoms with van der Waals surface area (Å²) in [4.78, 5) is 11.6. The van der Waals surface area contributed by atoms with Crippen molar-refractivity contribution in [2.75, 3.05) is 6.26 Å². The first kappa shape index (κ1) is 19.8. The number of carbonyl (C=O) groups is 1. The number of thiol groups is 1. The molecule has 0 unspecified atom stereocenters. The first-order valence-corrected chi connectivity index (χ1v) is 11.9. The third kappa shape index (κ3) is 3.84. The smallest absolute Gasteiger partial charge is 0.214 e. The maximum atomic E-state index is 11.6. The summed E-state index contributed by atoms with van der Waals surface area (Å²) in [5, 5.41) is 6.54. The van der Waals surface area contributed by atoms with Gasteiger partial charge in [-0.05, 0) is 42.7 Å². The van der Waals surface area contributed by atoms with Crippen molar-refractivity contribution in [1.29, 1.82) is 0 Å². The van der Waals surface area contributed by atoms with Crippen LogP contribution in [0.25, 0.3) is 0 Å². The highest BCUT2D eigenvalue weighted by Crippen LogP contribution is 2.63. The summed E-state index contributed by atoms with van der Waals surface area (Å²) >= 11 is 6.29. The van der Waals surface area contributed by atoms with Gasteiger partial charge in [0.25, 0.3) is 0 Å². The molecule has 0 saturated carbocycles. The lowest BCUT2D eigenvalue weighted by molar-refractivity contribution is -0.108. The van der Waals surface area contributed by atoms with Gasteiger partial charge >= 0.3 is 0 Å². The summed E-state index contributed by atoms with van der Waals surface area (Å²) in [6, 6.07) is 31.2.